The molecular weight excluding hydrogens is 214 g/mol. The SMILES string of the molecule is Cc1cc([N+](=O)[O-])cc2c1Cc1ccccc1-2. The molecule has 0 amide bonds. The number of nitro groups is 1. The summed E-state index contributed by atoms with van der Waals surface area (Å²) in [5, 5.41) is 10.9. The third-order valence-corrected chi connectivity index (χ3v) is 3.34. The molecule has 17 heavy (non-hydrogen) atoms. The molecule has 0 aliphatic heterocycles. The normalized spacial score (nSPS) is 12.1. The number of non-ortho nitro benzene ring substituents is 1. The van der Waals surface area contributed by atoms with Crippen LogP contribution in [0.15, 0.2) is 36.4 Å². The molecule has 0 spiro atoms. The lowest BCUT2D eigenvalue weighted by atomic mass is 10.0. The molecule has 3 nitrogen and oxygen atoms in total. The Kier molecular flexibility index (Phi) is 2.01. The highest BCUT2D eigenvalue weighted by atomic mass is 16.6. The van der Waals surface area contributed by atoms with Gasteiger partial charge in [-0.05, 0) is 41.2 Å². The van der Waals surface area contributed by atoms with E-state index >= 15 is 0 Å². The predicted octanol–water partition coefficient (Wildman–Crippen LogP) is 3.47. The minimum atomic E-state index is -0.325. The molecule has 84 valence electrons. The lowest BCUT2D eigenvalue weighted by Gasteiger charge is -2.04. The summed E-state index contributed by atoms with van der Waals surface area (Å²) < 4.78 is 0. The van der Waals surface area contributed by atoms with Gasteiger partial charge in [0.15, 0.2) is 0 Å². The van der Waals surface area contributed by atoms with Crippen LogP contribution < -0.4 is 0 Å². The standard InChI is InChI=1S/C14H11NO2/c1-9-6-11(15(16)17)8-14-12-5-3-2-4-10(12)7-13(9)14/h2-6,8H,7H2,1H3. The second-order valence-corrected chi connectivity index (χ2v) is 4.38. The quantitative estimate of drug-likeness (QED) is 0.470. The predicted molar refractivity (Wildman–Crippen MR) is 66.1 cm³/mol. The van der Waals surface area contributed by atoms with Crippen LogP contribution in [-0.2, 0) is 6.42 Å². The first-order valence-electron chi connectivity index (χ1n) is 5.53. The van der Waals surface area contributed by atoms with Crippen LogP contribution in [0.1, 0.15) is 16.7 Å². The van der Waals surface area contributed by atoms with Crippen molar-refractivity contribution < 1.29 is 4.92 Å². The Morgan fingerprint density at radius 3 is 2.71 bits per heavy atom. The van der Waals surface area contributed by atoms with Gasteiger partial charge in [0, 0.05) is 12.1 Å². The van der Waals surface area contributed by atoms with Gasteiger partial charge in [-0.2, -0.15) is 0 Å². The Morgan fingerprint density at radius 1 is 1.18 bits per heavy atom. The molecule has 0 saturated heterocycles. The third-order valence-electron chi connectivity index (χ3n) is 3.34. The fourth-order valence-electron chi connectivity index (χ4n) is 2.51. The number of fused-ring (bicyclic) bond motifs is 3. The Balaban J connectivity index is 2.28. The van der Waals surface area contributed by atoms with Gasteiger partial charge < -0.3 is 0 Å². The van der Waals surface area contributed by atoms with Crippen molar-refractivity contribution in [1.82, 2.24) is 0 Å². The van der Waals surface area contributed by atoms with Crippen LogP contribution in [-0.4, -0.2) is 4.92 Å². The summed E-state index contributed by atoms with van der Waals surface area (Å²) in [4.78, 5) is 10.5. The number of hydrogen-bond donors (Lipinski definition) is 0. The molecular formula is C14H11NO2. The molecule has 0 heterocycles. The number of benzene rings is 2. The fourth-order valence-corrected chi connectivity index (χ4v) is 2.51. The molecule has 0 unspecified atom stereocenters. The van der Waals surface area contributed by atoms with Crippen molar-refractivity contribution >= 4 is 5.69 Å². The number of aryl methyl sites for hydroxylation is 1. The van der Waals surface area contributed by atoms with Crippen molar-refractivity contribution in [2.75, 3.05) is 0 Å². The maximum absolute atomic E-state index is 10.9. The smallest absolute Gasteiger partial charge is 0.258 e. The molecule has 2 aromatic rings. The van der Waals surface area contributed by atoms with E-state index in [1.807, 2.05) is 25.1 Å². The summed E-state index contributed by atoms with van der Waals surface area (Å²) in [5.74, 6) is 0. The van der Waals surface area contributed by atoms with E-state index in [1.165, 1.54) is 11.1 Å². The van der Waals surface area contributed by atoms with E-state index in [2.05, 4.69) is 6.07 Å². The molecule has 0 aromatic heterocycles. The summed E-state index contributed by atoms with van der Waals surface area (Å²) in [5.41, 5.74) is 5.81. The first-order chi connectivity index (χ1) is 8.16. The number of nitro benzene ring substituents is 1. The summed E-state index contributed by atoms with van der Waals surface area (Å²) in [7, 11) is 0. The molecule has 0 N–H and O–H groups in total. The minimum absolute atomic E-state index is 0.179. The second-order valence-electron chi connectivity index (χ2n) is 4.38. The van der Waals surface area contributed by atoms with E-state index in [9.17, 15) is 10.1 Å². The molecule has 0 saturated carbocycles. The Bertz CT molecular complexity index is 632. The van der Waals surface area contributed by atoms with Gasteiger partial charge in [0.05, 0.1) is 4.92 Å². The monoisotopic (exact) mass is 225 g/mol. The molecule has 2 aromatic carbocycles. The van der Waals surface area contributed by atoms with Crippen molar-refractivity contribution in [3.05, 3.63) is 63.2 Å². The van der Waals surface area contributed by atoms with E-state index in [-0.39, 0.29) is 10.6 Å². The molecule has 3 heteroatoms. The summed E-state index contributed by atoms with van der Waals surface area (Å²) in [6, 6.07) is 11.4. The summed E-state index contributed by atoms with van der Waals surface area (Å²) >= 11 is 0. The number of nitrogens with zero attached hydrogens (tertiary/aromatic N) is 1. The first-order valence-corrected chi connectivity index (χ1v) is 5.53. The number of hydrogen-bond acceptors (Lipinski definition) is 2. The maximum atomic E-state index is 10.9. The van der Waals surface area contributed by atoms with Crippen LogP contribution in [0.3, 0.4) is 0 Å². The second kappa shape index (κ2) is 3.42. The van der Waals surface area contributed by atoms with E-state index in [0.29, 0.717) is 0 Å². The van der Waals surface area contributed by atoms with Crippen LogP contribution in [0.4, 0.5) is 5.69 Å². The molecule has 1 aliphatic carbocycles. The lowest BCUT2D eigenvalue weighted by Crippen LogP contribution is -1.92. The highest BCUT2D eigenvalue weighted by Crippen LogP contribution is 2.40. The molecule has 0 radical (unpaired) electrons. The topological polar surface area (TPSA) is 43.1 Å². The van der Waals surface area contributed by atoms with Gasteiger partial charge in [-0.3, -0.25) is 10.1 Å². The van der Waals surface area contributed by atoms with Crippen molar-refractivity contribution in [2.45, 2.75) is 13.3 Å². The number of rotatable bonds is 1. The maximum Gasteiger partial charge on any atom is 0.270 e. The van der Waals surface area contributed by atoms with Crippen molar-refractivity contribution in [1.29, 1.82) is 0 Å². The van der Waals surface area contributed by atoms with E-state index in [1.54, 1.807) is 12.1 Å². The van der Waals surface area contributed by atoms with Crippen LogP contribution in [0.5, 0.6) is 0 Å². The van der Waals surface area contributed by atoms with Gasteiger partial charge in [-0.15, -0.1) is 0 Å². The molecule has 0 atom stereocenters. The largest absolute Gasteiger partial charge is 0.270 e. The Morgan fingerprint density at radius 2 is 1.94 bits per heavy atom. The summed E-state index contributed by atoms with van der Waals surface area (Å²) in [6.07, 6.45) is 0.884. The highest BCUT2D eigenvalue weighted by Gasteiger charge is 2.22. The van der Waals surface area contributed by atoms with Gasteiger partial charge in [0.1, 0.15) is 0 Å². The Labute approximate surface area is 98.9 Å². The zero-order chi connectivity index (χ0) is 12.0. The fraction of sp³-hybridized carbons (Fsp3) is 0.143. The average Bonchev–Trinajstić information content (AvgIpc) is 2.68. The molecule has 0 fully saturated rings. The van der Waals surface area contributed by atoms with Crippen molar-refractivity contribution in [2.24, 2.45) is 0 Å². The van der Waals surface area contributed by atoms with Gasteiger partial charge in [0.25, 0.3) is 5.69 Å². The Hall–Kier alpha value is -2.16. The van der Waals surface area contributed by atoms with Gasteiger partial charge >= 0.3 is 0 Å². The zero-order valence-corrected chi connectivity index (χ0v) is 9.43. The third kappa shape index (κ3) is 1.43. The summed E-state index contributed by atoms with van der Waals surface area (Å²) in [6.45, 7) is 1.94. The minimum Gasteiger partial charge on any atom is -0.258 e. The van der Waals surface area contributed by atoms with E-state index in [0.717, 1.165) is 23.1 Å². The van der Waals surface area contributed by atoms with Crippen molar-refractivity contribution in [3.63, 3.8) is 0 Å². The molecule has 3 rings (SSSR count). The van der Waals surface area contributed by atoms with Crippen LogP contribution in [0.2, 0.25) is 0 Å². The van der Waals surface area contributed by atoms with Gasteiger partial charge in [-0.1, -0.05) is 24.3 Å². The van der Waals surface area contributed by atoms with Gasteiger partial charge in [0.2, 0.25) is 0 Å². The van der Waals surface area contributed by atoms with Crippen LogP contribution in [0.25, 0.3) is 11.1 Å². The molecule has 0 bridgehead atoms. The average molecular weight is 225 g/mol. The highest BCUT2D eigenvalue weighted by molar-refractivity contribution is 5.79. The van der Waals surface area contributed by atoms with Gasteiger partial charge in [-0.25, -0.2) is 0 Å². The molecule has 1 aliphatic rings. The van der Waals surface area contributed by atoms with E-state index < -0.39 is 0 Å². The zero-order valence-electron chi connectivity index (χ0n) is 9.43. The first kappa shape index (κ1) is 10.0. The van der Waals surface area contributed by atoms with Crippen molar-refractivity contribution in [3.8, 4) is 11.1 Å². The lowest BCUT2D eigenvalue weighted by molar-refractivity contribution is -0.384. The van der Waals surface area contributed by atoms with Crippen LogP contribution >= 0.6 is 0 Å². The van der Waals surface area contributed by atoms with Crippen LogP contribution in [0, 0.1) is 17.0 Å². The van der Waals surface area contributed by atoms with E-state index in [4.69, 9.17) is 0 Å².